The molecule has 1 aromatic heterocycles. The van der Waals surface area contributed by atoms with E-state index >= 15 is 0 Å². The molecule has 0 bridgehead atoms. The molecule has 0 aliphatic carbocycles. The van der Waals surface area contributed by atoms with E-state index in [4.69, 9.17) is 5.26 Å². The Morgan fingerprint density at radius 3 is 2.61 bits per heavy atom. The first-order chi connectivity index (χ1) is 7.92. The quantitative estimate of drug-likeness (QED) is 0.921. The fraction of sp³-hybridized carbons (Fsp3) is 0.500. The SMILES string of the molecule is Cl.Cl.N#CC[C@H](c1ccccn1)N1CCNCC1. The summed E-state index contributed by atoms with van der Waals surface area (Å²) < 4.78 is 0. The smallest absolute Gasteiger partial charge is 0.0652 e. The minimum Gasteiger partial charge on any atom is -0.314 e. The summed E-state index contributed by atoms with van der Waals surface area (Å²) in [5.41, 5.74) is 1.01. The fourth-order valence-electron chi connectivity index (χ4n) is 2.07. The lowest BCUT2D eigenvalue weighted by Crippen LogP contribution is -2.45. The van der Waals surface area contributed by atoms with Crippen molar-refractivity contribution in [1.82, 2.24) is 15.2 Å². The molecule has 0 aromatic carbocycles. The number of piperazine rings is 1. The highest BCUT2D eigenvalue weighted by molar-refractivity contribution is 5.85. The molecular formula is C12H18Cl2N4. The summed E-state index contributed by atoms with van der Waals surface area (Å²) in [6.45, 7) is 3.97. The topological polar surface area (TPSA) is 52.0 Å². The molecule has 0 amide bonds. The minimum atomic E-state index is 0. The first kappa shape index (κ1) is 17.1. The van der Waals surface area contributed by atoms with Crippen LogP contribution < -0.4 is 5.32 Å². The summed E-state index contributed by atoms with van der Waals surface area (Å²) >= 11 is 0. The number of hydrogen-bond donors (Lipinski definition) is 1. The zero-order valence-corrected chi connectivity index (χ0v) is 11.7. The van der Waals surface area contributed by atoms with E-state index < -0.39 is 0 Å². The van der Waals surface area contributed by atoms with Crippen molar-refractivity contribution in [2.24, 2.45) is 0 Å². The van der Waals surface area contributed by atoms with E-state index in [9.17, 15) is 0 Å². The van der Waals surface area contributed by atoms with Crippen molar-refractivity contribution in [3.8, 4) is 6.07 Å². The molecule has 0 spiro atoms. The zero-order chi connectivity index (χ0) is 11.2. The minimum absolute atomic E-state index is 0. The van der Waals surface area contributed by atoms with Crippen LogP contribution in [-0.2, 0) is 0 Å². The van der Waals surface area contributed by atoms with Crippen molar-refractivity contribution >= 4 is 24.8 Å². The first-order valence-electron chi connectivity index (χ1n) is 5.64. The van der Waals surface area contributed by atoms with E-state index in [1.165, 1.54) is 0 Å². The van der Waals surface area contributed by atoms with E-state index in [1.54, 1.807) is 6.20 Å². The lowest BCUT2D eigenvalue weighted by atomic mass is 10.1. The van der Waals surface area contributed by atoms with Crippen molar-refractivity contribution < 1.29 is 0 Å². The average Bonchev–Trinajstić information content (AvgIpc) is 2.38. The van der Waals surface area contributed by atoms with Crippen molar-refractivity contribution in [1.29, 1.82) is 5.26 Å². The van der Waals surface area contributed by atoms with E-state index in [0.717, 1.165) is 31.9 Å². The second-order valence-electron chi connectivity index (χ2n) is 3.92. The molecule has 0 unspecified atom stereocenters. The van der Waals surface area contributed by atoms with Crippen molar-refractivity contribution in [3.63, 3.8) is 0 Å². The molecule has 1 atom stereocenters. The lowest BCUT2D eigenvalue weighted by Gasteiger charge is -2.33. The van der Waals surface area contributed by atoms with Gasteiger partial charge in [-0.15, -0.1) is 24.8 Å². The standard InChI is InChI=1S/C12H16N4.2ClH/c13-5-4-12(11-3-1-2-6-15-11)16-9-7-14-8-10-16;;/h1-3,6,12,14H,4,7-10H2;2*1H/t12-;;/m1../s1. The van der Waals surface area contributed by atoms with Crippen LogP contribution >= 0.6 is 24.8 Å². The number of pyridine rings is 1. The Kier molecular flexibility index (Phi) is 8.69. The van der Waals surface area contributed by atoms with Crippen LogP contribution in [0.3, 0.4) is 0 Å². The van der Waals surface area contributed by atoms with Gasteiger partial charge in [0.05, 0.1) is 24.2 Å². The molecule has 4 nitrogen and oxygen atoms in total. The Balaban J connectivity index is 0.00000144. The molecule has 6 heteroatoms. The van der Waals surface area contributed by atoms with Crippen LogP contribution in [0.1, 0.15) is 18.2 Å². The monoisotopic (exact) mass is 288 g/mol. The predicted molar refractivity (Wildman–Crippen MR) is 76.1 cm³/mol. The zero-order valence-electron chi connectivity index (χ0n) is 10.1. The number of hydrogen-bond acceptors (Lipinski definition) is 4. The van der Waals surface area contributed by atoms with Crippen molar-refractivity contribution in [2.45, 2.75) is 12.5 Å². The molecule has 2 heterocycles. The van der Waals surface area contributed by atoms with Gasteiger partial charge in [0, 0.05) is 32.4 Å². The molecule has 1 saturated heterocycles. The summed E-state index contributed by atoms with van der Waals surface area (Å²) in [6.07, 6.45) is 2.30. The first-order valence-corrected chi connectivity index (χ1v) is 5.64. The highest BCUT2D eigenvalue weighted by atomic mass is 35.5. The molecule has 1 aromatic rings. The van der Waals surface area contributed by atoms with Crippen LogP contribution in [0.2, 0.25) is 0 Å². The normalized spacial score (nSPS) is 16.8. The third-order valence-electron chi connectivity index (χ3n) is 2.91. The number of halogens is 2. The Hall–Kier alpha value is -0.860. The van der Waals surface area contributed by atoms with E-state index in [2.05, 4.69) is 21.3 Å². The summed E-state index contributed by atoms with van der Waals surface area (Å²) in [7, 11) is 0. The van der Waals surface area contributed by atoms with E-state index in [-0.39, 0.29) is 30.9 Å². The maximum Gasteiger partial charge on any atom is 0.0652 e. The molecule has 100 valence electrons. The average molecular weight is 289 g/mol. The van der Waals surface area contributed by atoms with Gasteiger partial charge in [-0.2, -0.15) is 5.26 Å². The number of nitrogens with zero attached hydrogens (tertiary/aromatic N) is 3. The highest BCUT2D eigenvalue weighted by Crippen LogP contribution is 2.22. The molecule has 1 aliphatic heterocycles. The molecule has 2 rings (SSSR count). The van der Waals surface area contributed by atoms with Gasteiger partial charge >= 0.3 is 0 Å². The maximum absolute atomic E-state index is 8.91. The van der Waals surface area contributed by atoms with Crippen LogP contribution in [0, 0.1) is 11.3 Å². The van der Waals surface area contributed by atoms with E-state index in [0.29, 0.717) is 6.42 Å². The molecule has 0 saturated carbocycles. The van der Waals surface area contributed by atoms with Gasteiger partial charge in [-0.1, -0.05) is 6.07 Å². The van der Waals surface area contributed by atoms with Gasteiger partial charge in [0.25, 0.3) is 0 Å². The molecule has 1 N–H and O–H groups in total. The summed E-state index contributed by atoms with van der Waals surface area (Å²) in [5.74, 6) is 0. The highest BCUT2D eigenvalue weighted by Gasteiger charge is 2.22. The summed E-state index contributed by atoms with van der Waals surface area (Å²) in [5, 5.41) is 12.2. The Labute approximate surface area is 120 Å². The third-order valence-corrected chi connectivity index (χ3v) is 2.91. The number of nitrogens with one attached hydrogen (secondary N) is 1. The second kappa shape index (κ2) is 9.12. The van der Waals surface area contributed by atoms with Crippen LogP contribution in [-0.4, -0.2) is 36.1 Å². The fourth-order valence-corrected chi connectivity index (χ4v) is 2.07. The summed E-state index contributed by atoms with van der Waals surface area (Å²) in [4.78, 5) is 6.70. The molecule has 18 heavy (non-hydrogen) atoms. The molecule has 1 aliphatic rings. The summed E-state index contributed by atoms with van der Waals surface area (Å²) in [6, 6.07) is 8.30. The van der Waals surface area contributed by atoms with Gasteiger partial charge in [-0.25, -0.2) is 0 Å². The van der Waals surface area contributed by atoms with Crippen LogP contribution in [0.25, 0.3) is 0 Å². The predicted octanol–water partition coefficient (Wildman–Crippen LogP) is 1.79. The largest absolute Gasteiger partial charge is 0.314 e. The van der Waals surface area contributed by atoms with Crippen LogP contribution in [0.15, 0.2) is 24.4 Å². The molecular weight excluding hydrogens is 271 g/mol. The molecule has 0 radical (unpaired) electrons. The Bertz CT molecular complexity index is 360. The molecule has 1 fully saturated rings. The van der Waals surface area contributed by atoms with Gasteiger partial charge in [0.15, 0.2) is 0 Å². The number of rotatable bonds is 3. The number of aromatic nitrogens is 1. The van der Waals surface area contributed by atoms with Crippen LogP contribution in [0.4, 0.5) is 0 Å². The maximum atomic E-state index is 8.91. The van der Waals surface area contributed by atoms with Crippen LogP contribution in [0.5, 0.6) is 0 Å². The van der Waals surface area contributed by atoms with Crippen molar-refractivity contribution in [2.75, 3.05) is 26.2 Å². The number of nitriles is 1. The second-order valence-corrected chi connectivity index (χ2v) is 3.92. The van der Waals surface area contributed by atoms with Gasteiger partial charge in [0.1, 0.15) is 0 Å². The van der Waals surface area contributed by atoms with Crippen molar-refractivity contribution in [3.05, 3.63) is 30.1 Å². The van der Waals surface area contributed by atoms with Gasteiger partial charge in [-0.3, -0.25) is 9.88 Å². The van der Waals surface area contributed by atoms with Gasteiger partial charge < -0.3 is 5.32 Å². The van der Waals surface area contributed by atoms with E-state index in [1.807, 2.05) is 18.2 Å². The van der Waals surface area contributed by atoms with Gasteiger partial charge in [-0.05, 0) is 12.1 Å². The lowest BCUT2D eigenvalue weighted by molar-refractivity contribution is 0.172. The third kappa shape index (κ3) is 4.43. The van der Waals surface area contributed by atoms with Gasteiger partial charge in [0.2, 0.25) is 0 Å². The Morgan fingerprint density at radius 1 is 1.33 bits per heavy atom. The Morgan fingerprint density at radius 2 is 2.06 bits per heavy atom.